The fourth-order valence-corrected chi connectivity index (χ4v) is 13.0. The number of thiophene rings is 1. The van der Waals surface area contributed by atoms with Crippen LogP contribution < -0.4 is 4.90 Å². The Morgan fingerprint density at radius 1 is 0.462 bits per heavy atom. The molecule has 0 amide bonds. The second-order valence-electron chi connectivity index (χ2n) is 16.1. The van der Waals surface area contributed by atoms with Crippen LogP contribution in [0.1, 0.15) is 43.2 Å². The Hall–Kier alpha value is -5.18. The molecular formula is C50H39NS. The van der Waals surface area contributed by atoms with Gasteiger partial charge in [-0.3, -0.25) is 0 Å². The molecule has 5 aliphatic rings. The molecule has 4 fully saturated rings. The van der Waals surface area contributed by atoms with E-state index < -0.39 is 0 Å². The molecule has 0 N–H and O–H groups in total. The van der Waals surface area contributed by atoms with Crippen LogP contribution in [0.25, 0.3) is 53.2 Å². The largest absolute Gasteiger partial charge is 0.310 e. The molecule has 4 saturated carbocycles. The highest BCUT2D eigenvalue weighted by Gasteiger charge is 2.61. The van der Waals surface area contributed by atoms with Crippen molar-refractivity contribution in [3.8, 4) is 22.3 Å². The molecule has 1 aromatic heterocycles. The average Bonchev–Trinajstić information content (AvgIpc) is 3.70. The Bertz CT molecular complexity index is 2680. The van der Waals surface area contributed by atoms with Crippen molar-refractivity contribution in [3.05, 3.63) is 163 Å². The van der Waals surface area contributed by atoms with Gasteiger partial charge in [0.05, 0.1) is 5.69 Å². The van der Waals surface area contributed by atoms with E-state index in [4.69, 9.17) is 0 Å². The summed E-state index contributed by atoms with van der Waals surface area (Å²) in [6.07, 6.45) is 7.14. The van der Waals surface area contributed by atoms with Crippen molar-refractivity contribution in [3.63, 3.8) is 0 Å². The van der Waals surface area contributed by atoms with Crippen LogP contribution in [-0.2, 0) is 5.41 Å². The second kappa shape index (κ2) is 10.9. The summed E-state index contributed by atoms with van der Waals surface area (Å²) >= 11 is 1.88. The van der Waals surface area contributed by atoms with E-state index in [2.05, 4.69) is 157 Å². The number of hydrogen-bond acceptors (Lipinski definition) is 2. The van der Waals surface area contributed by atoms with E-state index in [9.17, 15) is 0 Å². The van der Waals surface area contributed by atoms with Crippen molar-refractivity contribution in [1.82, 2.24) is 0 Å². The van der Waals surface area contributed by atoms with E-state index >= 15 is 0 Å². The minimum Gasteiger partial charge on any atom is -0.310 e. The highest BCUT2D eigenvalue weighted by molar-refractivity contribution is 7.25. The Kier molecular flexibility index (Phi) is 6.17. The van der Waals surface area contributed by atoms with E-state index in [1.807, 2.05) is 11.3 Å². The summed E-state index contributed by atoms with van der Waals surface area (Å²) in [4.78, 5) is 2.46. The summed E-state index contributed by atoms with van der Waals surface area (Å²) in [5, 5.41) is 5.17. The maximum Gasteiger partial charge on any atom is 0.0540 e. The molecule has 0 aliphatic heterocycles. The van der Waals surface area contributed by atoms with Gasteiger partial charge in [0.25, 0.3) is 0 Å². The van der Waals surface area contributed by atoms with E-state index in [1.54, 1.807) is 11.1 Å². The molecule has 1 nitrogen and oxygen atoms in total. The smallest absolute Gasteiger partial charge is 0.0540 e. The van der Waals surface area contributed by atoms with Gasteiger partial charge >= 0.3 is 0 Å². The first-order valence-corrected chi connectivity index (χ1v) is 20.1. The van der Waals surface area contributed by atoms with E-state index in [0.29, 0.717) is 0 Å². The third-order valence-corrected chi connectivity index (χ3v) is 14.8. The normalized spacial score (nSPS) is 23.8. The molecule has 0 unspecified atom stereocenters. The van der Waals surface area contributed by atoms with Crippen LogP contribution in [0, 0.1) is 23.7 Å². The van der Waals surface area contributed by atoms with Gasteiger partial charge in [-0.25, -0.2) is 0 Å². The molecule has 1 heterocycles. The lowest BCUT2D eigenvalue weighted by Crippen LogP contribution is -2.55. The lowest BCUT2D eigenvalue weighted by atomic mass is 9.43. The molecule has 5 aliphatic carbocycles. The summed E-state index contributed by atoms with van der Waals surface area (Å²) in [5.41, 5.74) is 12.6. The summed E-state index contributed by atoms with van der Waals surface area (Å²) in [6.45, 7) is 0. The Morgan fingerprint density at radius 2 is 1.12 bits per heavy atom. The van der Waals surface area contributed by atoms with Crippen molar-refractivity contribution in [2.45, 2.75) is 37.5 Å². The van der Waals surface area contributed by atoms with Gasteiger partial charge in [-0.2, -0.15) is 0 Å². The highest BCUT2D eigenvalue weighted by atomic mass is 32.1. The molecule has 8 aromatic rings. The van der Waals surface area contributed by atoms with Gasteiger partial charge < -0.3 is 4.90 Å². The monoisotopic (exact) mass is 685 g/mol. The molecule has 52 heavy (non-hydrogen) atoms. The van der Waals surface area contributed by atoms with Crippen LogP contribution in [0.2, 0.25) is 0 Å². The first-order valence-electron chi connectivity index (χ1n) is 19.3. The maximum absolute atomic E-state index is 2.62. The number of hydrogen-bond donors (Lipinski definition) is 0. The molecular weight excluding hydrogens is 647 g/mol. The van der Waals surface area contributed by atoms with E-state index in [0.717, 1.165) is 23.7 Å². The Labute approximate surface area is 309 Å². The molecule has 4 bridgehead atoms. The first kappa shape index (κ1) is 29.4. The van der Waals surface area contributed by atoms with Crippen LogP contribution in [0.5, 0.6) is 0 Å². The third kappa shape index (κ3) is 4.05. The van der Waals surface area contributed by atoms with Gasteiger partial charge in [0.1, 0.15) is 0 Å². The highest BCUT2D eigenvalue weighted by Crippen LogP contribution is 2.69. The Balaban J connectivity index is 0.986. The molecule has 13 rings (SSSR count). The molecule has 7 aromatic carbocycles. The number of fused-ring (bicyclic) bond motifs is 7. The molecule has 0 atom stereocenters. The SMILES string of the molecule is c1ccc2c(c1)-c1ccc(-c3ccc(N(c4ccc5c(c4)sc4ccccc45)c4cccc5ccccc45)cc3)cc1C21C2CC3CC(C2)CC1C3. The topological polar surface area (TPSA) is 3.24 Å². The first-order chi connectivity index (χ1) is 25.7. The molecule has 1 spiro atoms. The van der Waals surface area contributed by atoms with Crippen molar-refractivity contribution in [2.24, 2.45) is 23.7 Å². The van der Waals surface area contributed by atoms with Gasteiger partial charge in [0.2, 0.25) is 0 Å². The van der Waals surface area contributed by atoms with Crippen molar-refractivity contribution < 1.29 is 0 Å². The number of rotatable bonds is 4. The van der Waals surface area contributed by atoms with Gasteiger partial charge in [0, 0.05) is 42.3 Å². The van der Waals surface area contributed by atoms with Crippen molar-refractivity contribution >= 4 is 59.3 Å². The second-order valence-corrected chi connectivity index (χ2v) is 17.2. The minimum atomic E-state index is 0.186. The number of anilines is 3. The molecule has 0 radical (unpaired) electrons. The van der Waals surface area contributed by atoms with Gasteiger partial charge in [-0.15, -0.1) is 11.3 Å². The zero-order chi connectivity index (χ0) is 34.0. The fraction of sp³-hybridized carbons (Fsp3) is 0.200. The lowest BCUT2D eigenvalue weighted by Gasteiger charge is -2.61. The van der Waals surface area contributed by atoms with Crippen LogP contribution in [-0.4, -0.2) is 0 Å². The van der Waals surface area contributed by atoms with Gasteiger partial charge in [-0.05, 0) is 137 Å². The Morgan fingerprint density at radius 3 is 1.96 bits per heavy atom. The minimum absolute atomic E-state index is 0.186. The zero-order valence-corrected chi connectivity index (χ0v) is 30.0. The zero-order valence-electron chi connectivity index (χ0n) is 29.1. The van der Waals surface area contributed by atoms with Crippen LogP contribution in [0.3, 0.4) is 0 Å². The predicted molar refractivity (Wildman–Crippen MR) is 220 cm³/mol. The van der Waals surface area contributed by atoms with E-state index in [-0.39, 0.29) is 5.41 Å². The lowest BCUT2D eigenvalue weighted by molar-refractivity contribution is -0.0399. The quantitative estimate of drug-likeness (QED) is 0.178. The van der Waals surface area contributed by atoms with Crippen LogP contribution >= 0.6 is 11.3 Å². The van der Waals surface area contributed by atoms with Gasteiger partial charge in [-0.1, -0.05) is 109 Å². The molecule has 250 valence electrons. The fourth-order valence-electron chi connectivity index (χ4n) is 11.8. The standard InChI is InChI=1S/C50H39NS/c1-2-10-40-34(8-1)9-7-14-47(40)51(39-21-23-44-43-12-4-6-15-48(43)52-49(44)30-39)38-19-16-33(17-20-38)35-18-22-42-41-11-3-5-13-45(41)50(46(42)29-35)36-25-31-24-32(27-36)28-37(50)26-31/h1-23,29-32,36-37H,24-28H2. The number of benzene rings is 7. The number of nitrogens with zero attached hydrogens (tertiary/aromatic N) is 1. The summed E-state index contributed by atoms with van der Waals surface area (Å²) in [7, 11) is 0. The average molecular weight is 686 g/mol. The summed E-state index contributed by atoms with van der Waals surface area (Å²) in [6, 6.07) is 57.6. The third-order valence-electron chi connectivity index (χ3n) is 13.6. The summed E-state index contributed by atoms with van der Waals surface area (Å²) < 4.78 is 2.65. The van der Waals surface area contributed by atoms with Crippen LogP contribution in [0.4, 0.5) is 17.1 Å². The predicted octanol–water partition coefficient (Wildman–Crippen LogP) is 14.1. The molecule has 0 saturated heterocycles. The van der Waals surface area contributed by atoms with Crippen LogP contribution in [0.15, 0.2) is 152 Å². The maximum atomic E-state index is 2.62. The van der Waals surface area contributed by atoms with E-state index in [1.165, 1.54) is 102 Å². The van der Waals surface area contributed by atoms with Gasteiger partial charge in [0.15, 0.2) is 0 Å². The van der Waals surface area contributed by atoms with Crippen molar-refractivity contribution in [1.29, 1.82) is 0 Å². The summed E-state index contributed by atoms with van der Waals surface area (Å²) in [5.74, 6) is 3.45. The molecule has 2 heteroatoms. The van der Waals surface area contributed by atoms with Crippen molar-refractivity contribution in [2.75, 3.05) is 4.90 Å².